The van der Waals surface area contributed by atoms with Crippen LogP contribution in [0.5, 0.6) is 0 Å². The van der Waals surface area contributed by atoms with Gasteiger partial charge >= 0.3 is 0 Å². The first-order valence-corrected chi connectivity index (χ1v) is 6.46. The number of hydrogen-bond acceptors (Lipinski definition) is 1. The van der Waals surface area contributed by atoms with Crippen LogP contribution in [0.4, 0.5) is 4.39 Å². The molecule has 0 aromatic heterocycles. The van der Waals surface area contributed by atoms with Crippen LogP contribution in [0.15, 0.2) is 46.9 Å². The second-order valence-electron chi connectivity index (χ2n) is 3.84. The minimum absolute atomic E-state index is 0.0324. The van der Waals surface area contributed by atoms with E-state index in [9.17, 15) is 9.18 Å². The number of halogens is 3. The van der Waals surface area contributed by atoms with E-state index in [-0.39, 0.29) is 12.2 Å². The van der Waals surface area contributed by atoms with Gasteiger partial charge in [0, 0.05) is 21.5 Å². The van der Waals surface area contributed by atoms with Gasteiger partial charge in [-0.05, 0) is 29.8 Å². The van der Waals surface area contributed by atoms with E-state index < -0.39 is 5.82 Å². The Morgan fingerprint density at radius 2 is 1.83 bits per heavy atom. The predicted molar refractivity (Wildman–Crippen MR) is 73.6 cm³/mol. The summed E-state index contributed by atoms with van der Waals surface area (Å²) in [6.45, 7) is 0. The molecule has 0 radical (unpaired) electrons. The predicted octanol–water partition coefficient (Wildman–Crippen LogP) is 4.67. The fourth-order valence-corrected chi connectivity index (χ4v) is 2.00. The SMILES string of the molecule is O=C(Cc1ccc(Cl)cc1F)c1ccc(Br)cc1. The summed E-state index contributed by atoms with van der Waals surface area (Å²) >= 11 is 8.95. The average molecular weight is 328 g/mol. The van der Waals surface area contributed by atoms with Crippen molar-refractivity contribution in [2.45, 2.75) is 6.42 Å². The molecule has 4 heteroatoms. The smallest absolute Gasteiger partial charge is 0.167 e. The number of rotatable bonds is 3. The van der Waals surface area contributed by atoms with Crippen molar-refractivity contribution in [3.63, 3.8) is 0 Å². The molecule has 92 valence electrons. The van der Waals surface area contributed by atoms with Gasteiger partial charge in [0.05, 0.1) is 0 Å². The first-order valence-electron chi connectivity index (χ1n) is 5.29. The van der Waals surface area contributed by atoms with Crippen molar-refractivity contribution < 1.29 is 9.18 Å². The van der Waals surface area contributed by atoms with Gasteiger partial charge in [-0.1, -0.05) is 45.7 Å². The van der Waals surface area contributed by atoms with Crippen molar-refractivity contribution >= 4 is 33.3 Å². The number of carbonyl (C=O) groups is 1. The second-order valence-corrected chi connectivity index (χ2v) is 5.19. The summed E-state index contributed by atoms with van der Waals surface area (Å²) < 4.78 is 14.4. The number of benzene rings is 2. The largest absolute Gasteiger partial charge is 0.294 e. The molecule has 1 nitrogen and oxygen atoms in total. The zero-order valence-corrected chi connectivity index (χ0v) is 11.6. The van der Waals surface area contributed by atoms with Crippen molar-refractivity contribution in [3.8, 4) is 0 Å². The van der Waals surface area contributed by atoms with Crippen molar-refractivity contribution in [3.05, 3.63) is 68.9 Å². The highest BCUT2D eigenvalue weighted by Crippen LogP contribution is 2.17. The molecule has 0 spiro atoms. The summed E-state index contributed by atoms with van der Waals surface area (Å²) in [6, 6.07) is 11.3. The number of hydrogen-bond donors (Lipinski definition) is 0. The molecular weight excluding hydrogens is 319 g/mol. The molecule has 2 aromatic rings. The molecule has 0 atom stereocenters. The van der Waals surface area contributed by atoms with Crippen LogP contribution >= 0.6 is 27.5 Å². The molecule has 0 saturated heterocycles. The lowest BCUT2D eigenvalue weighted by atomic mass is 10.0. The Morgan fingerprint density at radius 3 is 2.44 bits per heavy atom. The summed E-state index contributed by atoms with van der Waals surface area (Å²) in [6.07, 6.45) is 0.0324. The molecule has 0 bridgehead atoms. The van der Waals surface area contributed by atoms with E-state index in [0.717, 1.165) is 4.47 Å². The Labute approximate surface area is 118 Å². The second kappa shape index (κ2) is 5.63. The minimum Gasteiger partial charge on any atom is -0.294 e. The van der Waals surface area contributed by atoms with E-state index in [0.29, 0.717) is 16.1 Å². The zero-order chi connectivity index (χ0) is 13.1. The van der Waals surface area contributed by atoms with Crippen LogP contribution in [0, 0.1) is 5.82 Å². The Morgan fingerprint density at radius 1 is 1.17 bits per heavy atom. The van der Waals surface area contributed by atoms with Crippen LogP contribution in [0.3, 0.4) is 0 Å². The Balaban J connectivity index is 2.18. The van der Waals surface area contributed by atoms with Gasteiger partial charge in [0.1, 0.15) is 5.82 Å². The molecule has 0 aliphatic heterocycles. The minimum atomic E-state index is -0.451. The molecule has 2 rings (SSSR count). The normalized spacial score (nSPS) is 10.4. The summed E-state index contributed by atoms with van der Waals surface area (Å²) in [5, 5.41) is 0.326. The summed E-state index contributed by atoms with van der Waals surface area (Å²) in [4.78, 5) is 11.9. The standard InChI is InChI=1S/C14H9BrClFO/c15-11-4-1-9(2-5-11)14(18)7-10-3-6-12(16)8-13(10)17/h1-6,8H,7H2. The summed E-state index contributed by atoms with van der Waals surface area (Å²) in [5.41, 5.74) is 0.917. The van der Waals surface area contributed by atoms with Crippen molar-refractivity contribution in [2.75, 3.05) is 0 Å². The van der Waals surface area contributed by atoms with Crippen molar-refractivity contribution in [2.24, 2.45) is 0 Å². The molecule has 0 aliphatic rings. The van der Waals surface area contributed by atoms with Crippen LogP contribution in [-0.4, -0.2) is 5.78 Å². The molecule has 18 heavy (non-hydrogen) atoms. The summed E-state index contributed by atoms with van der Waals surface area (Å²) in [7, 11) is 0. The van der Waals surface area contributed by atoms with Crippen LogP contribution in [0.2, 0.25) is 5.02 Å². The van der Waals surface area contributed by atoms with Crippen molar-refractivity contribution in [1.82, 2.24) is 0 Å². The Kier molecular flexibility index (Phi) is 4.15. The monoisotopic (exact) mass is 326 g/mol. The van der Waals surface area contributed by atoms with E-state index in [1.165, 1.54) is 12.1 Å². The highest BCUT2D eigenvalue weighted by Gasteiger charge is 2.10. The molecule has 0 saturated carbocycles. The first-order chi connectivity index (χ1) is 8.56. The lowest BCUT2D eigenvalue weighted by Gasteiger charge is -2.04. The van der Waals surface area contributed by atoms with E-state index in [1.54, 1.807) is 30.3 Å². The highest BCUT2D eigenvalue weighted by atomic mass is 79.9. The van der Waals surface area contributed by atoms with E-state index in [2.05, 4.69) is 15.9 Å². The Bertz CT molecular complexity index is 581. The number of carbonyl (C=O) groups excluding carboxylic acids is 1. The molecular formula is C14H9BrClFO. The van der Waals surface area contributed by atoms with Gasteiger partial charge in [-0.25, -0.2) is 4.39 Å². The molecule has 0 amide bonds. The maximum atomic E-state index is 13.5. The molecule has 0 aliphatic carbocycles. The topological polar surface area (TPSA) is 17.1 Å². The van der Waals surface area contributed by atoms with E-state index in [1.807, 2.05) is 0 Å². The molecule has 2 aromatic carbocycles. The lowest BCUT2D eigenvalue weighted by molar-refractivity contribution is 0.0992. The fourth-order valence-electron chi connectivity index (χ4n) is 1.58. The van der Waals surface area contributed by atoms with Crippen LogP contribution in [0.25, 0.3) is 0 Å². The third kappa shape index (κ3) is 3.18. The van der Waals surface area contributed by atoms with Gasteiger partial charge in [0.25, 0.3) is 0 Å². The van der Waals surface area contributed by atoms with Crippen LogP contribution in [0.1, 0.15) is 15.9 Å². The highest BCUT2D eigenvalue weighted by molar-refractivity contribution is 9.10. The van der Waals surface area contributed by atoms with Gasteiger partial charge in [-0.2, -0.15) is 0 Å². The van der Waals surface area contributed by atoms with Gasteiger partial charge in [-0.3, -0.25) is 4.79 Å². The maximum Gasteiger partial charge on any atom is 0.167 e. The summed E-state index contributed by atoms with van der Waals surface area (Å²) in [5.74, 6) is -0.573. The zero-order valence-electron chi connectivity index (χ0n) is 9.29. The van der Waals surface area contributed by atoms with E-state index >= 15 is 0 Å². The Hall–Kier alpha value is -1.19. The maximum absolute atomic E-state index is 13.5. The van der Waals surface area contributed by atoms with Gasteiger partial charge in [0.2, 0.25) is 0 Å². The van der Waals surface area contributed by atoms with E-state index in [4.69, 9.17) is 11.6 Å². The fraction of sp³-hybridized carbons (Fsp3) is 0.0714. The van der Waals surface area contributed by atoms with Crippen LogP contribution in [-0.2, 0) is 6.42 Å². The number of ketones is 1. The number of Topliss-reactive ketones (excluding diaryl/α,β-unsaturated/α-hetero) is 1. The molecule has 0 unspecified atom stereocenters. The first kappa shape index (κ1) is 13.2. The average Bonchev–Trinajstić information content (AvgIpc) is 2.33. The van der Waals surface area contributed by atoms with Gasteiger partial charge in [-0.15, -0.1) is 0 Å². The molecule has 0 fully saturated rings. The van der Waals surface area contributed by atoms with Crippen LogP contribution < -0.4 is 0 Å². The van der Waals surface area contributed by atoms with Crippen molar-refractivity contribution in [1.29, 1.82) is 0 Å². The molecule has 0 heterocycles. The lowest BCUT2D eigenvalue weighted by Crippen LogP contribution is -2.05. The van der Waals surface area contributed by atoms with Gasteiger partial charge in [0.15, 0.2) is 5.78 Å². The third-order valence-electron chi connectivity index (χ3n) is 2.53. The van der Waals surface area contributed by atoms with Gasteiger partial charge < -0.3 is 0 Å². The molecule has 0 N–H and O–H groups in total. The third-order valence-corrected chi connectivity index (χ3v) is 3.30. The quantitative estimate of drug-likeness (QED) is 0.749.